The highest BCUT2D eigenvalue weighted by Crippen LogP contribution is 2.33. The highest BCUT2D eigenvalue weighted by atomic mass is 32.1. The summed E-state index contributed by atoms with van der Waals surface area (Å²) in [5.74, 6) is 0.514. The normalized spacial score (nSPS) is 21.6. The Hall–Kier alpha value is -1.63. The molecule has 3 heterocycles. The number of thiazole rings is 1. The monoisotopic (exact) mass is 393 g/mol. The summed E-state index contributed by atoms with van der Waals surface area (Å²) in [6.07, 6.45) is 3.09. The lowest BCUT2D eigenvalue weighted by molar-refractivity contribution is -0.137. The molecule has 0 saturated carbocycles. The smallest absolute Gasteiger partial charge is 0.410 e. The molecule has 1 unspecified atom stereocenters. The van der Waals surface area contributed by atoms with Crippen LogP contribution >= 0.6 is 11.3 Å². The number of ether oxygens (including phenoxy) is 1. The van der Waals surface area contributed by atoms with Crippen LogP contribution in [0.25, 0.3) is 0 Å². The molecular formula is C20H31N3O3S. The second kappa shape index (κ2) is 7.78. The quantitative estimate of drug-likeness (QED) is 0.765. The van der Waals surface area contributed by atoms with Gasteiger partial charge < -0.3 is 9.64 Å². The average molecular weight is 394 g/mol. The molecule has 150 valence electrons. The highest BCUT2D eigenvalue weighted by molar-refractivity contribution is 7.11. The molecule has 2 amide bonds. The van der Waals surface area contributed by atoms with E-state index in [9.17, 15) is 9.59 Å². The summed E-state index contributed by atoms with van der Waals surface area (Å²) in [6.45, 7) is 11.8. The third kappa shape index (κ3) is 4.62. The predicted molar refractivity (Wildman–Crippen MR) is 106 cm³/mol. The molecule has 6 nitrogen and oxygen atoms in total. The van der Waals surface area contributed by atoms with E-state index in [1.807, 2.05) is 25.7 Å². The Kier molecular flexibility index (Phi) is 5.79. The molecule has 7 heteroatoms. The standard InChI is InChI=1S/C20H31N3O3S/c1-13-14(2)27-17(21-13)15-8-11-22(12-9-15)18(24)16-7-6-10-23(16)19(25)26-20(3,4)5/h15-16H,6-12H2,1-5H3. The lowest BCUT2D eigenvalue weighted by atomic mass is 9.97. The van der Waals surface area contributed by atoms with Crippen LogP contribution in [-0.2, 0) is 9.53 Å². The Labute approximate surface area is 165 Å². The van der Waals surface area contributed by atoms with Gasteiger partial charge in [-0.1, -0.05) is 0 Å². The molecule has 27 heavy (non-hydrogen) atoms. The van der Waals surface area contributed by atoms with Crippen LogP contribution in [0.5, 0.6) is 0 Å². The first kappa shape index (κ1) is 20.1. The van der Waals surface area contributed by atoms with Crippen molar-refractivity contribution in [3.8, 4) is 0 Å². The van der Waals surface area contributed by atoms with Gasteiger partial charge >= 0.3 is 6.09 Å². The van der Waals surface area contributed by atoms with Gasteiger partial charge in [0.1, 0.15) is 11.6 Å². The number of likely N-dealkylation sites (tertiary alicyclic amines) is 2. The van der Waals surface area contributed by atoms with E-state index in [1.165, 1.54) is 9.88 Å². The number of rotatable bonds is 2. The molecule has 0 spiro atoms. The summed E-state index contributed by atoms with van der Waals surface area (Å²) >= 11 is 1.78. The Morgan fingerprint density at radius 2 is 1.78 bits per heavy atom. The molecule has 0 N–H and O–H groups in total. The van der Waals surface area contributed by atoms with Crippen LogP contribution in [0.3, 0.4) is 0 Å². The number of hydrogen-bond donors (Lipinski definition) is 0. The maximum Gasteiger partial charge on any atom is 0.410 e. The number of aromatic nitrogens is 1. The van der Waals surface area contributed by atoms with Crippen LogP contribution in [0, 0.1) is 13.8 Å². The molecular weight excluding hydrogens is 362 g/mol. The van der Waals surface area contributed by atoms with Crippen LogP contribution in [0.4, 0.5) is 4.79 Å². The van der Waals surface area contributed by atoms with Crippen LogP contribution < -0.4 is 0 Å². The van der Waals surface area contributed by atoms with Crippen LogP contribution in [0.2, 0.25) is 0 Å². The summed E-state index contributed by atoms with van der Waals surface area (Å²) in [7, 11) is 0. The zero-order valence-corrected chi connectivity index (χ0v) is 17.9. The molecule has 1 aromatic heterocycles. The van der Waals surface area contributed by atoms with Crippen molar-refractivity contribution in [1.29, 1.82) is 0 Å². The third-order valence-electron chi connectivity index (χ3n) is 5.37. The lowest BCUT2D eigenvalue weighted by Crippen LogP contribution is -2.50. The summed E-state index contributed by atoms with van der Waals surface area (Å²) < 4.78 is 5.49. The van der Waals surface area contributed by atoms with E-state index in [4.69, 9.17) is 9.72 Å². The average Bonchev–Trinajstić information content (AvgIpc) is 3.20. The molecule has 0 radical (unpaired) electrons. The zero-order valence-electron chi connectivity index (χ0n) is 17.1. The van der Waals surface area contributed by atoms with Crippen molar-refractivity contribution in [2.75, 3.05) is 19.6 Å². The number of nitrogens with zero attached hydrogens (tertiary/aromatic N) is 3. The Balaban J connectivity index is 1.59. The van der Waals surface area contributed by atoms with Crippen molar-refractivity contribution < 1.29 is 14.3 Å². The number of aryl methyl sites for hydroxylation is 2. The van der Waals surface area contributed by atoms with Crippen LogP contribution in [-0.4, -0.2) is 58.1 Å². The van der Waals surface area contributed by atoms with E-state index < -0.39 is 5.60 Å². The van der Waals surface area contributed by atoms with E-state index in [0.717, 1.165) is 44.5 Å². The topological polar surface area (TPSA) is 62.7 Å². The number of carbonyl (C=O) groups is 2. The van der Waals surface area contributed by atoms with E-state index in [1.54, 1.807) is 16.2 Å². The second-order valence-corrected chi connectivity index (χ2v) is 9.86. The van der Waals surface area contributed by atoms with Gasteiger partial charge in [-0.3, -0.25) is 9.69 Å². The minimum Gasteiger partial charge on any atom is -0.444 e. The maximum atomic E-state index is 13.0. The molecule has 2 aliphatic rings. The summed E-state index contributed by atoms with van der Waals surface area (Å²) in [5.41, 5.74) is 0.572. The highest BCUT2D eigenvalue weighted by Gasteiger charge is 2.39. The minimum absolute atomic E-state index is 0.0725. The predicted octanol–water partition coefficient (Wildman–Crippen LogP) is 3.87. The summed E-state index contributed by atoms with van der Waals surface area (Å²) in [5, 5.41) is 1.20. The first-order valence-corrected chi connectivity index (χ1v) is 10.7. The summed E-state index contributed by atoms with van der Waals surface area (Å²) in [6, 6.07) is -0.374. The third-order valence-corrected chi connectivity index (χ3v) is 6.60. The fraction of sp³-hybridized carbons (Fsp3) is 0.750. The molecule has 0 aromatic carbocycles. The second-order valence-electron chi connectivity index (χ2n) is 8.63. The molecule has 2 fully saturated rings. The van der Waals surface area contributed by atoms with Crippen molar-refractivity contribution in [3.05, 3.63) is 15.6 Å². The maximum absolute atomic E-state index is 13.0. The van der Waals surface area contributed by atoms with E-state index in [0.29, 0.717) is 12.5 Å². The number of hydrogen-bond acceptors (Lipinski definition) is 5. The molecule has 0 aliphatic carbocycles. The molecule has 2 saturated heterocycles. The van der Waals surface area contributed by atoms with Gasteiger partial charge in [0.25, 0.3) is 0 Å². The molecule has 3 rings (SSSR count). The van der Waals surface area contributed by atoms with Crippen molar-refractivity contribution >= 4 is 23.3 Å². The van der Waals surface area contributed by atoms with E-state index in [2.05, 4.69) is 13.8 Å². The van der Waals surface area contributed by atoms with Gasteiger partial charge in [-0.25, -0.2) is 9.78 Å². The van der Waals surface area contributed by atoms with Crippen molar-refractivity contribution in [2.45, 2.75) is 77.9 Å². The molecule has 1 aromatic rings. The van der Waals surface area contributed by atoms with Gasteiger partial charge in [-0.05, 0) is 60.3 Å². The largest absolute Gasteiger partial charge is 0.444 e. The van der Waals surface area contributed by atoms with Crippen molar-refractivity contribution in [2.24, 2.45) is 0 Å². The van der Waals surface area contributed by atoms with Crippen LogP contribution in [0.15, 0.2) is 0 Å². The number of amides is 2. The Morgan fingerprint density at radius 1 is 1.11 bits per heavy atom. The fourth-order valence-corrected chi connectivity index (χ4v) is 4.88. The molecule has 0 bridgehead atoms. The zero-order chi connectivity index (χ0) is 19.8. The Bertz CT molecular complexity index is 682. The molecule has 1 atom stereocenters. The Morgan fingerprint density at radius 3 is 2.33 bits per heavy atom. The first-order chi connectivity index (χ1) is 12.7. The van der Waals surface area contributed by atoms with Crippen molar-refractivity contribution in [1.82, 2.24) is 14.8 Å². The van der Waals surface area contributed by atoms with Crippen molar-refractivity contribution in [3.63, 3.8) is 0 Å². The van der Waals surface area contributed by atoms with Gasteiger partial charge in [-0.2, -0.15) is 0 Å². The lowest BCUT2D eigenvalue weighted by Gasteiger charge is -2.35. The van der Waals surface area contributed by atoms with Gasteiger partial charge in [0.2, 0.25) is 5.91 Å². The minimum atomic E-state index is -0.546. The molecule has 2 aliphatic heterocycles. The number of carbonyl (C=O) groups excluding carboxylic acids is 2. The van der Waals surface area contributed by atoms with Gasteiger partial charge in [0.05, 0.1) is 10.7 Å². The summed E-state index contributed by atoms with van der Waals surface area (Å²) in [4.78, 5) is 35.0. The van der Waals surface area contributed by atoms with Crippen LogP contribution in [0.1, 0.15) is 68.0 Å². The first-order valence-electron chi connectivity index (χ1n) is 9.88. The SMILES string of the molecule is Cc1nc(C2CCN(C(=O)C3CCCN3C(=O)OC(C)(C)C)CC2)sc1C. The van der Waals surface area contributed by atoms with Gasteiger partial charge in [0, 0.05) is 30.4 Å². The van der Waals surface area contributed by atoms with E-state index >= 15 is 0 Å². The van der Waals surface area contributed by atoms with Gasteiger partial charge in [-0.15, -0.1) is 11.3 Å². The van der Waals surface area contributed by atoms with E-state index in [-0.39, 0.29) is 18.0 Å². The number of piperidine rings is 1. The fourth-order valence-electron chi connectivity index (χ4n) is 3.79. The van der Waals surface area contributed by atoms with Gasteiger partial charge in [0.15, 0.2) is 0 Å².